The van der Waals surface area contributed by atoms with Crippen molar-refractivity contribution < 1.29 is 37.3 Å². The van der Waals surface area contributed by atoms with Crippen molar-refractivity contribution in [3.8, 4) is 0 Å². The third-order valence-electron chi connectivity index (χ3n) is 11.5. The van der Waals surface area contributed by atoms with E-state index in [0.29, 0.717) is 24.1 Å². The van der Waals surface area contributed by atoms with E-state index < -0.39 is 13.9 Å². The van der Waals surface area contributed by atoms with Crippen LogP contribution in [-0.4, -0.2) is 70.7 Å². The first-order chi connectivity index (χ1) is 31.6. The molecule has 2 unspecified atom stereocenters. The number of unbranched alkanes of at least 4 members (excludes halogenated alkanes) is 26. The number of carbonyl (C=O) groups excluding carboxylic acids is 1. The Morgan fingerprint density at radius 3 is 1.29 bits per heavy atom. The minimum Gasteiger partial charge on any atom is -0.756 e. The van der Waals surface area contributed by atoms with Crippen LogP contribution in [0.1, 0.15) is 232 Å². The second kappa shape index (κ2) is 48.6. The summed E-state index contributed by atoms with van der Waals surface area (Å²) in [6.45, 7) is 5.38. The molecule has 0 radical (unpaired) electrons. The number of hydrogen-bond acceptors (Lipinski definition) is 7. The molecule has 0 aromatic heterocycles. The van der Waals surface area contributed by atoms with Crippen LogP contribution in [0.2, 0.25) is 0 Å². The molecular formula is C56H104NO7P. The van der Waals surface area contributed by atoms with E-state index in [9.17, 15) is 14.3 Å². The van der Waals surface area contributed by atoms with Crippen LogP contribution in [0.5, 0.6) is 0 Å². The zero-order valence-corrected chi connectivity index (χ0v) is 44.1. The molecule has 0 aliphatic heterocycles. The third kappa shape index (κ3) is 53.0. The number of rotatable bonds is 50. The molecule has 0 bridgehead atoms. The van der Waals surface area contributed by atoms with Gasteiger partial charge in [0, 0.05) is 13.0 Å². The van der Waals surface area contributed by atoms with Crippen molar-refractivity contribution >= 4 is 13.8 Å². The predicted octanol–water partition coefficient (Wildman–Crippen LogP) is 16.2. The summed E-state index contributed by atoms with van der Waals surface area (Å²) >= 11 is 0. The van der Waals surface area contributed by atoms with E-state index in [1.165, 1.54) is 154 Å². The number of phosphoric ester groups is 1. The Morgan fingerprint density at radius 2 is 0.846 bits per heavy atom. The lowest BCUT2D eigenvalue weighted by Crippen LogP contribution is -2.37. The first-order valence-corrected chi connectivity index (χ1v) is 28.5. The molecule has 2 atom stereocenters. The molecule has 0 spiro atoms. The first kappa shape index (κ1) is 63.2. The molecule has 9 heteroatoms. The number of carbonyl (C=O) groups is 1. The SMILES string of the molecule is CCCCC/C=C\C/C=C\CCCCCCCCCCCCOCC(COP(=O)([O-])OCC[N+](C)(C)C)OC(=O)CCCCCCCCCC/C=C\C/C=C\C/C=C\CCCCCCC. The molecule has 0 aromatic rings. The average Bonchev–Trinajstić information content (AvgIpc) is 3.27. The van der Waals surface area contributed by atoms with Crippen molar-refractivity contribution in [3.05, 3.63) is 60.8 Å². The van der Waals surface area contributed by atoms with Crippen LogP contribution < -0.4 is 4.89 Å². The highest BCUT2D eigenvalue weighted by Crippen LogP contribution is 2.38. The normalized spacial score (nSPS) is 14.0. The van der Waals surface area contributed by atoms with Crippen LogP contribution in [0, 0.1) is 0 Å². The lowest BCUT2D eigenvalue weighted by molar-refractivity contribution is -0.870. The Morgan fingerprint density at radius 1 is 0.477 bits per heavy atom. The van der Waals surface area contributed by atoms with E-state index in [1.54, 1.807) is 0 Å². The summed E-state index contributed by atoms with van der Waals surface area (Å²) in [6.07, 6.45) is 62.4. The Kier molecular flexibility index (Phi) is 47.3. The van der Waals surface area contributed by atoms with Crippen LogP contribution >= 0.6 is 7.82 Å². The van der Waals surface area contributed by atoms with Gasteiger partial charge in [0.05, 0.1) is 34.4 Å². The highest BCUT2D eigenvalue weighted by atomic mass is 31.2. The van der Waals surface area contributed by atoms with Crippen molar-refractivity contribution in [1.82, 2.24) is 0 Å². The minimum atomic E-state index is -4.54. The number of quaternary nitrogens is 1. The monoisotopic (exact) mass is 934 g/mol. The maximum Gasteiger partial charge on any atom is 0.306 e. The minimum absolute atomic E-state index is 0.0220. The van der Waals surface area contributed by atoms with Gasteiger partial charge in [-0.1, -0.05) is 203 Å². The van der Waals surface area contributed by atoms with E-state index >= 15 is 0 Å². The Labute approximate surface area is 402 Å². The van der Waals surface area contributed by atoms with E-state index in [1.807, 2.05) is 21.1 Å². The number of nitrogens with zero attached hydrogens (tertiary/aromatic N) is 1. The van der Waals surface area contributed by atoms with E-state index in [4.69, 9.17) is 18.5 Å². The zero-order valence-electron chi connectivity index (χ0n) is 43.2. The van der Waals surface area contributed by atoms with E-state index in [0.717, 1.165) is 57.8 Å². The Balaban J connectivity index is 4.15. The Hall–Kier alpha value is -1.80. The molecule has 380 valence electrons. The molecule has 0 fully saturated rings. The summed E-state index contributed by atoms with van der Waals surface area (Å²) in [5, 5.41) is 0. The van der Waals surface area contributed by atoms with Gasteiger partial charge in [-0.2, -0.15) is 0 Å². The van der Waals surface area contributed by atoms with Crippen LogP contribution in [0.25, 0.3) is 0 Å². The number of esters is 1. The van der Waals surface area contributed by atoms with Crippen LogP contribution in [0.4, 0.5) is 0 Å². The lowest BCUT2D eigenvalue weighted by atomic mass is 10.1. The van der Waals surface area contributed by atoms with Gasteiger partial charge in [-0.3, -0.25) is 9.36 Å². The highest BCUT2D eigenvalue weighted by molar-refractivity contribution is 7.45. The lowest BCUT2D eigenvalue weighted by Gasteiger charge is -2.28. The smallest absolute Gasteiger partial charge is 0.306 e. The van der Waals surface area contributed by atoms with Crippen molar-refractivity contribution in [2.24, 2.45) is 0 Å². The van der Waals surface area contributed by atoms with Gasteiger partial charge >= 0.3 is 5.97 Å². The fourth-order valence-electron chi connectivity index (χ4n) is 7.35. The van der Waals surface area contributed by atoms with Gasteiger partial charge in [0.1, 0.15) is 19.3 Å². The maximum absolute atomic E-state index is 12.8. The standard InChI is InChI=1S/C56H104NO7P/c1-6-8-10-12-14-16-18-20-22-24-26-28-29-30-31-33-35-37-39-41-43-45-47-49-56(58)64-55(54-63-65(59,60)62-52-50-57(3,4)5)53-61-51-48-46-44-42-40-38-36-34-32-27-25-23-21-19-17-15-13-11-9-7-2/h15,17-18,20-21,23-24,26,29-30,55H,6-14,16,19,22,25,27-28,31-54H2,1-5H3/b17-15-,20-18-,23-21-,26-24-,30-29-. The molecule has 0 aromatic carbocycles. The van der Waals surface area contributed by atoms with Crippen LogP contribution in [0.15, 0.2) is 60.8 Å². The van der Waals surface area contributed by atoms with Crippen molar-refractivity contribution in [3.63, 3.8) is 0 Å². The fraction of sp³-hybridized carbons (Fsp3) is 0.804. The van der Waals surface area contributed by atoms with Gasteiger partial charge in [0.25, 0.3) is 7.82 Å². The molecule has 0 N–H and O–H groups in total. The molecule has 0 aliphatic rings. The van der Waals surface area contributed by atoms with Crippen LogP contribution in [0.3, 0.4) is 0 Å². The maximum atomic E-state index is 12.8. The molecule has 0 saturated carbocycles. The van der Waals surface area contributed by atoms with E-state index in [-0.39, 0.29) is 25.8 Å². The molecule has 65 heavy (non-hydrogen) atoms. The number of likely N-dealkylation sites (N-methyl/N-ethyl adjacent to an activating group) is 1. The summed E-state index contributed by atoms with van der Waals surface area (Å²) in [7, 11) is 1.35. The predicted molar refractivity (Wildman–Crippen MR) is 277 cm³/mol. The molecular weight excluding hydrogens is 830 g/mol. The van der Waals surface area contributed by atoms with Crippen molar-refractivity contribution in [2.75, 3.05) is 54.1 Å². The van der Waals surface area contributed by atoms with Crippen molar-refractivity contribution in [1.29, 1.82) is 0 Å². The highest BCUT2D eigenvalue weighted by Gasteiger charge is 2.20. The number of phosphoric acid groups is 1. The first-order valence-electron chi connectivity index (χ1n) is 27.0. The summed E-state index contributed by atoms with van der Waals surface area (Å²) in [5.41, 5.74) is 0. The van der Waals surface area contributed by atoms with Gasteiger partial charge in [-0.05, 0) is 83.5 Å². The fourth-order valence-corrected chi connectivity index (χ4v) is 8.08. The van der Waals surface area contributed by atoms with Crippen LogP contribution in [-0.2, 0) is 27.9 Å². The van der Waals surface area contributed by atoms with Gasteiger partial charge in [0.15, 0.2) is 0 Å². The average molecular weight is 934 g/mol. The summed E-state index contributed by atoms with van der Waals surface area (Å²) in [5.74, 6) is -0.342. The molecule has 0 rings (SSSR count). The quantitative estimate of drug-likeness (QED) is 0.0197. The number of hydrogen-bond donors (Lipinski definition) is 0. The number of ether oxygens (including phenoxy) is 2. The van der Waals surface area contributed by atoms with E-state index in [2.05, 4.69) is 74.6 Å². The topological polar surface area (TPSA) is 94.1 Å². The van der Waals surface area contributed by atoms with Gasteiger partial charge in [0.2, 0.25) is 0 Å². The largest absolute Gasteiger partial charge is 0.756 e. The van der Waals surface area contributed by atoms with Gasteiger partial charge < -0.3 is 27.9 Å². The Bertz CT molecular complexity index is 1220. The molecule has 8 nitrogen and oxygen atoms in total. The molecule has 0 saturated heterocycles. The second-order valence-electron chi connectivity index (χ2n) is 19.2. The summed E-state index contributed by atoms with van der Waals surface area (Å²) in [4.78, 5) is 25.2. The van der Waals surface area contributed by atoms with Gasteiger partial charge in [-0.25, -0.2) is 0 Å². The summed E-state index contributed by atoms with van der Waals surface area (Å²) in [6, 6.07) is 0. The number of allylic oxidation sites excluding steroid dienone is 10. The molecule has 0 aliphatic carbocycles. The molecule has 0 heterocycles. The van der Waals surface area contributed by atoms with Crippen molar-refractivity contribution in [2.45, 2.75) is 238 Å². The summed E-state index contributed by atoms with van der Waals surface area (Å²) < 4.78 is 34.8. The van der Waals surface area contributed by atoms with Gasteiger partial charge in [-0.15, -0.1) is 0 Å². The second-order valence-corrected chi connectivity index (χ2v) is 20.6. The molecule has 0 amide bonds. The zero-order chi connectivity index (χ0) is 47.6. The third-order valence-corrected chi connectivity index (χ3v) is 12.5.